The lowest BCUT2D eigenvalue weighted by Gasteiger charge is -2.36. The molecule has 106 valence electrons. The van der Waals surface area contributed by atoms with E-state index in [2.05, 4.69) is 4.90 Å². The third-order valence-electron chi connectivity index (χ3n) is 3.74. The molecular formula is C14H28N2O2. The lowest BCUT2D eigenvalue weighted by molar-refractivity contribution is -0.131. The Kier molecular flexibility index (Phi) is 6.09. The minimum absolute atomic E-state index is 0.253. The molecule has 1 N–H and O–H groups in total. The Labute approximate surface area is 111 Å². The molecule has 1 saturated heterocycles. The minimum Gasteiger partial charge on any atom is -0.389 e. The summed E-state index contributed by atoms with van der Waals surface area (Å²) in [6, 6.07) is 0. The average Bonchev–Trinajstić information content (AvgIpc) is 2.29. The first-order chi connectivity index (χ1) is 8.48. The fourth-order valence-corrected chi connectivity index (χ4v) is 2.70. The second-order valence-electron chi connectivity index (χ2n) is 5.55. The fraction of sp³-hybridized carbons (Fsp3) is 0.929. The van der Waals surface area contributed by atoms with Crippen molar-refractivity contribution in [2.75, 3.05) is 32.7 Å². The first kappa shape index (κ1) is 15.4. The van der Waals surface area contributed by atoms with Crippen LogP contribution in [0.2, 0.25) is 0 Å². The molecule has 0 saturated carbocycles. The van der Waals surface area contributed by atoms with E-state index in [-0.39, 0.29) is 5.91 Å². The molecule has 0 aromatic carbocycles. The topological polar surface area (TPSA) is 43.8 Å². The Morgan fingerprint density at radius 2 is 2.06 bits per heavy atom. The average molecular weight is 256 g/mol. The van der Waals surface area contributed by atoms with Crippen molar-refractivity contribution in [2.24, 2.45) is 0 Å². The van der Waals surface area contributed by atoms with Crippen molar-refractivity contribution in [3.05, 3.63) is 0 Å². The predicted molar refractivity (Wildman–Crippen MR) is 73.5 cm³/mol. The lowest BCUT2D eigenvalue weighted by Crippen LogP contribution is -2.46. The van der Waals surface area contributed by atoms with Crippen LogP contribution in [-0.2, 0) is 4.79 Å². The number of likely N-dealkylation sites (tertiary alicyclic amines) is 1. The van der Waals surface area contributed by atoms with Crippen molar-refractivity contribution in [3.63, 3.8) is 0 Å². The first-order valence-corrected chi connectivity index (χ1v) is 7.21. The molecule has 1 atom stereocenters. The van der Waals surface area contributed by atoms with Gasteiger partial charge in [0.25, 0.3) is 0 Å². The largest absolute Gasteiger partial charge is 0.389 e. The highest BCUT2D eigenvalue weighted by Crippen LogP contribution is 2.20. The molecule has 1 aliphatic heterocycles. The second kappa shape index (κ2) is 7.10. The van der Waals surface area contributed by atoms with Gasteiger partial charge in [0.05, 0.1) is 5.60 Å². The molecule has 0 aliphatic carbocycles. The maximum Gasteiger partial charge on any atom is 0.222 e. The van der Waals surface area contributed by atoms with Crippen LogP contribution in [0.25, 0.3) is 0 Å². The van der Waals surface area contributed by atoms with Gasteiger partial charge in [-0.05, 0) is 53.1 Å². The molecule has 0 radical (unpaired) electrons. The van der Waals surface area contributed by atoms with E-state index in [0.717, 1.165) is 52.0 Å². The number of hydrogen-bond donors (Lipinski definition) is 1. The van der Waals surface area contributed by atoms with Crippen LogP contribution in [0.5, 0.6) is 0 Å². The van der Waals surface area contributed by atoms with E-state index >= 15 is 0 Å². The van der Waals surface area contributed by atoms with Gasteiger partial charge in [0, 0.05) is 26.1 Å². The van der Waals surface area contributed by atoms with Crippen LogP contribution < -0.4 is 0 Å². The van der Waals surface area contributed by atoms with Gasteiger partial charge in [0.1, 0.15) is 0 Å². The SMILES string of the molecule is CCN(CC)C(=O)CCCN1CCCC(C)(O)C1. The zero-order valence-electron chi connectivity index (χ0n) is 12.1. The van der Waals surface area contributed by atoms with Gasteiger partial charge in [-0.15, -0.1) is 0 Å². The summed E-state index contributed by atoms with van der Waals surface area (Å²) in [5.74, 6) is 0.253. The number of rotatable bonds is 6. The molecule has 0 spiro atoms. The minimum atomic E-state index is -0.541. The lowest BCUT2D eigenvalue weighted by atomic mass is 9.95. The Morgan fingerprint density at radius 1 is 1.39 bits per heavy atom. The highest BCUT2D eigenvalue weighted by molar-refractivity contribution is 5.76. The maximum atomic E-state index is 11.8. The van der Waals surface area contributed by atoms with Crippen molar-refractivity contribution in [3.8, 4) is 0 Å². The molecule has 4 nitrogen and oxygen atoms in total. The van der Waals surface area contributed by atoms with Gasteiger partial charge in [-0.1, -0.05) is 0 Å². The van der Waals surface area contributed by atoms with Crippen LogP contribution in [0, 0.1) is 0 Å². The van der Waals surface area contributed by atoms with Crippen LogP contribution in [0.3, 0.4) is 0 Å². The van der Waals surface area contributed by atoms with E-state index in [4.69, 9.17) is 0 Å². The predicted octanol–water partition coefficient (Wildman–Crippen LogP) is 1.48. The summed E-state index contributed by atoms with van der Waals surface area (Å²) in [6.07, 6.45) is 3.46. The van der Waals surface area contributed by atoms with Crippen LogP contribution >= 0.6 is 0 Å². The van der Waals surface area contributed by atoms with Crippen LogP contribution in [-0.4, -0.2) is 59.1 Å². The third-order valence-corrected chi connectivity index (χ3v) is 3.74. The monoisotopic (exact) mass is 256 g/mol. The van der Waals surface area contributed by atoms with E-state index < -0.39 is 5.60 Å². The molecular weight excluding hydrogens is 228 g/mol. The number of piperidine rings is 1. The second-order valence-corrected chi connectivity index (χ2v) is 5.55. The van der Waals surface area contributed by atoms with Gasteiger partial charge in [-0.25, -0.2) is 0 Å². The summed E-state index contributed by atoms with van der Waals surface area (Å²) in [4.78, 5) is 16.0. The summed E-state index contributed by atoms with van der Waals surface area (Å²) in [5, 5.41) is 10.0. The number of aliphatic hydroxyl groups is 1. The van der Waals surface area contributed by atoms with Gasteiger partial charge in [0.15, 0.2) is 0 Å². The zero-order chi connectivity index (χ0) is 13.6. The van der Waals surface area contributed by atoms with Crippen molar-refractivity contribution in [1.29, 1.82) is 0 Å². The van der Waals surface area contributed by atoms with Crippen molar-refractivity contribution < 1.29 is 9.90 Å². The smallest absolute Gasteiger partial charge is 0.222 e. The van der Waals surface area contributed by atoms with Gasteiger partial charge in [-0.3, -0.25) is 4.79 Å². The summed E-state index contributed by atoms with van der Waals surface area (Å²) >= 11 is 0. The van der Waals surface area contributed by atoms with Crippen molar-refractivity contribution in [2.45, 2.75) is 52.1 Å². The number of amides is 1. The first-order valence-electron chi connectivity index (χ1n) is 7.21. The summed E-state index contributed by atoms with van der Waals surface area (Å²) in [7, 11) is 0. The third kappa shape index (κ3) is 4.94. The normalized spacial score (nSPS) is 25.1. The van der Waals surface area contributed by atoms with E-state index in [9.17, 15) is 9.90 Å². The molecule has 1 rings (SSSR count). The zero-order valence-corrected chi connectivity index (χ0v) is 12.1. The van der Waals surface area contributed by atoms with E-state index in [1.807, 2.05) is 25.7 Å². The van der Waals surface area contributed by atoms with Crippen molar-refractivity contribution >= 4 is 5.91 Å². The Morgan fingerprint density at radius 3 is 2.61 bits per heavy atom. The summed E-state index contributed by atoms with van der Waals surface area (Å²) in [5.41, 5.74) is -0.541. The Hall–Kier alpha value is -0.610. The molecule has 1 heterocycles. The quantitative estimate of drug-likeness (QED) is 0.783. The van der Waals surface area contributed by atoms with Gasteiger partial charge in [0.2, 0.25) is 5.91 Å². The van der Waals surface area contributed by atoms with Gasteiger partial charge in [-0.2, -0.15) is 0 Å². The molecule has 1 aliphatic rings. The number of β-amino-alcohol motifs (C(OH)–C–C–N with tert-alkyl or cyclic N) is 1. The van der Waals surface area contributed by atoms with Crippen LogP contribution in [0.4, 0.5) is 0 Å². The number of carbonyl (C=O) groups is 1. The van der Waals surface area contributed by atoms with E-state index in [1.54, 1.807) is 0 Å². The molecule has 18 heavy (non-hydrogen) atoms. The van der Waals surface area contributed by atoms with Gasteiger partial charge >= 0.3 is 0 Å². The summed E-state index contributed by atoms with van der Waals surface area (Å²) in [6.45, 7) is 10.2. The van der Waals surface area contributed by atoms with E-state index in [1.165, 1.54) is 0 Å². The highest BCUT2D eigenvalue weighted by atomic mass is 16.3. The highest BCUT2D eigenvalue weighted by Gasteiger charge is 2.27. The van der Waals surface area contributed by atoms with Crippen LogP contribution in [0.1, 0.15) is 46.5 Å². The number of carbonyl (C=O) groups excluding carboxylic acids is 1. The molecule has 1 unspecified atom stereocenters. The molecule has 1 amide bonds. The molecule has 0 bridgehead atoms. The summed E-state index contributed by atoms with van der Waals surface area (Å²) < 4.78 is 0. The standard InChI is InChI=1S/C14H28N2O2/c1-4-16(5-2)13(17)8-6-10-15-11-7-9-14(3,18)12-15/h18H,4-12H2,1-3H3. The Bertz CT molecular complexity index is 263. The number of hydrogen-bond acceptors (Lipinski definition) is 3. The van der Waals surface area contributed by atoms with Gasteiger partial charge < -0.3 is 14.9 Å². The fourth-order valence-electron chi connectivity index (χ4n) is 2.70. The molecule has 0 aromatic rings. The molecule has 4 heteroatoms. The van der Waals surface area contributed by atoms with Crippen LogP contribution in [0.15, 0.2) is 0 Å². The Balaban J connectivity index is 2.23. The van der Waals surface area contributed by atoms with E-state index in [0.29, 0.717) is 6.42 Å². The van der Waals surface area contributed by atoms with Crippen molar-refractivity contribution in [1.82, 2.24) is 9.80 Å². The molecule has 1 fully saturated rings. The maximum absolute atomic E-state index is 11.8. The molecule has 0 aromatic heterocycles. The number of nitrogens with zero attached hydrogens (tertiary/aromatic N) is 2.